The molecule has 1 amide bonds. The van der Waals surface area contributed by atoms with E-state index < -0.39 is 23.1 Å². The van der Waals surface area contributed by atoms with Crippen LogP contribution >= 0.6 is 0 Å². The number of rotatable bonds is 7. The molecular weight excluding hydrogens is 614 g/mol. The molecule has 1 aliphatic heterocycles. The van der Waals surface area contributed by atoms with E-state index in [2.05, 4.69) is 33.4 Å². The number of pyridine rings is 2. The van der Waals surface area contributed by atoms with Crippen LogP contribution in [0.1, 0.15) is 59.3 Å². The van der Waals surface area contributed by atoms with E-state index >= 15 is 4.39 Å². The summed E-state index contributed by atoms with van der Waals surface area (Å²) in [7, 11) is 2.11. The third-order valence-electron chi connectivity index (χ3n) is 9.12. The fraction of sp³-hybridized carbons (Fsp3) is 0.250. The molecule has 0 spiro atoms. The second-order valence-corrected chi connectivity index (χ2v) is 12.4. The molecule has 4 heterocycles. The van der Waals surface area contributed by atoms with Crippen LogP contribution in [0.4, 0.5) is 20.3 Å². The number of benzene rings is 2. The van der Waals surface area contributed by atoms with Gasteiger partial charge in [-0.15, -0.1) is 0 Å². The average Bonchev–Trinajstić information content (AvgIpc) is 3.81. The first-order valence-electron chi connectivity index (χ1n) is 15.8. The maximum absolute atomic E-state index is 15.7. The molecule has 1 saturated carbocycles. The maximum Gasteiger partial charge on any atom is 0.269 e. The highest BCUT2D eigenvalue weighted by Gasteiger charge is 2.31. The smallest absolute Gasteiger partial charge is 0.269 e. The summed E-state index contributed by atoms with van der Waals surface area (Å²) in [6.45, 7) is 2.01. The maximum atomic E-state index is 15.7. The highest BCUT2D eigenvalue weighted by Crippen LogP contribution is 2.42. The number of hydrogen-bond donors (Lipinski definition) is 2. The van der Waals surface area contributed by atoms with Gasteiger partial charge in [-0.05, 0) is 112 Å². The lowest BCUT2D eigenvalue weighted by Gasteiger charge is -2.28. The van der Waals surface area contributed by atoms with Crippen LogP contribution in [0.25, 0.3) is 27.9 Å². The van der Waals surface area contributed by atoms with Gasteiger partial charge in [0.1, 0.15) is 34.8 Å². The van der Waals surface area contributed by atoms with Crippen LogP contribution in [-0.2, 0) is 0 Å². The number of carbonyl (C=O) groups excluding carboxylic acids is 1. The summed E-state index contributed by atoms with van der Waals surface area (Å²) >= 11 is 0. The SMILES string of the molecule is CN1CCC(n2cc(-c3cnc(N)c(-c4ccc(NC(=O)c5cc(C6CC6)c(C#N)n(-c6ccc(F)cc6)c5=O)cc4F)c3)cn2)CC1. The lowest BCUT2D eigenvalue weighted by Crippen LogP contribution is -2.31. The minimum absolute atomic E-state index is 0.0219. The average molecular weight is 647 g/mol. The van der Waals surface area contributed by atoms with E-state index in [4.69, 9.17) is 5.73 Å². The molecular formula is C36H32F2N8O2. The molecule has 5 aromatic rings. The van der Waals surface area contributed by atoms with Gasteiger partial charge in [-0.25, -0.2) is 13.8 Å². The molecule has 1 saturated heterocycles. The second-order valence-electron chi connectivity index (χ2n) is 12.4. The van der Waals surface area contributed by atoms with Crippen molar-refractivity contribution in [3.63, 3.8) is 0 Å². The first-order valence-corrected chi connectivity index (χ1v) is 15.8. The van der Waals surface area contributed by atoms with Crippen molar-refractivity contribution in [2.75, 3.05) is 31.2 Å². The van der Waals surface area contributed by atoms with Crippen LogP contribution in [0.3, 0.4) is 0 Å². The van der Waals surface area contributed by atoms with Gasteiger partial charge in [-0.3, -0.25) is 18.8 Å². The van der Waals surface area contributed by atoms with Crippen molar-refractivity contribution < 1.29 is 13.6 Å². The molecule has 2 fully saturated rings. The Balaban J connectivity index is 1.16. The molecule has 0 atom stereocenters. The number of anilines is 2. The molecule has 3 N–H and O–H groups in total. The predicted molar refractivity (Wildman–Crippen MR) is 178 cm³/mol. The van der Waals surface area contributed by atoms with Crippen molar-refractivity contribution in [1.82, 2.24) is 24.2 Å². The summed E-state index contributed by atoms with van der Waals surface area (Å²) in [6.07, 6.45) is 9.01. The summed E-state index contributed by atoms with van der Waals surface area (Å²) < 4.78 is 32.4. The number of nitriles is 1. The normalized spacial score (nSPS) is 15.3. The number of amides is 1. The number of nitrogen functional groups attached to an aromatic ring is 1. The van der Waals surface area contributed by atoms with Gasteiger partial charge in [0.25, 0.3) is 11.5 Å². The molecule has 10 nitrogen and oxygen atoms in total. The monoisotopic (exact) mass is 646 g/mol. The van der Waals surface area contributed by atoms with Gasteiger partial charge >= 0.3 is 0 Å². The van der Waals surface area contributed by atoms with Gasteiger partial charge in [-0.2, -0.15) is 10.4 Å². The molecule has 242 valence electrons. The molecule has 12 heteroatoms. The van der Waals surface area contributed by atoms with E-state index in [1.807, 2.05) is 10.9 Å². The lowest BCUT2D eigenvalue weighted by molar-refractivity contribution is 0.102. The van der Waals surface area contributed by atoms with Crippen LogP contribution in [0, 0.1) is 23.0 Å². The first kappa shape index (κ1) is 31.0. The molecule has 1 aliphatic carbocycles. The standard InChI is InChI=1S/C36H32F2N8O2/c1-44-12-10-26(11-13-44)45-20-23(19-42-45)22-14-30(34(40)41-18-22)28-9-6-25(15-32(28)38)43-35(47)31-16-29(21-2-3-21)33(17-39)46(36(31)48)27-7-4-24(37)5-8-27/h4-9,14-16,18-21,26H,2-3,10-13H2,1H3,(H2,40,41)(H,43,47). The summed E-state index contributed by atoms with van der Waals surface area (Å²) in [4.78, 5) is 33.7. The molecule has 3 aromatic heterocycles. The third kappa shape index (κ3) is 5.96. The topological polar surface area (TPSA) is 135 Å². The summed E-state index contributed by atoms with van der Waals surface area (Å²) in [5, 5.41) is 17.2. The zero-order chi connectivity index (χ0) is 33.5. The zero-order valence-electron chi connectivity index (χ0n) is 26.2. The molecule has 0 radical (unpaired) electrons. The predicted octanol–water partition coefficient (Wildman–Crippen LogP) is 5.89. The lowest BCUT2D eigenvalue weighted by atomic mass is 10.0. The van der Waals surface area contributed by atoms with Crippen molar-refractivity contribution in [2.24, 2.45) is 0 Å². The van der Waals surface area contributed by atoms with Crippen LogP contribution < -0.4 is 16.6 Å². The van der Waals surface area contributed by atoms with E-state index in [1.165, 1.54) is 42.5 Å². The van der Waals surface area contributed by atoms with Crippen molar-refractivity contribution in [2.45, 2.75) is 37.6 Å². The van der Waals surface area contributed by atoms with E-state index in [9.17, 15) is 19.2 Å². The van der Waals surface area contributed by atoms with Crippen molar-refractivity contribution in [1.29, 1.82) is 5.26 Å². The minimum atomic E-state index is -0.765. The summed E-state index contributed by atoms with van der Waals surface area (Å²) in [6, 6.07) is 14.9. The number of hydrogen-bond acceptors (Lipinski definition) is 7. The van der Waals surface area contributed by atoms with Crippen molar-refractivity contribution in [3.8, 4) is 34.0 Å². The van der Waals surface area contributed by atoms with Crippen molar-refractivity contribution in [3.05, 3.63) is 112 Å². The van der Waals surface area contributed by atoms with Crippen LogP contribution in [0.15, 0.2) is 78.0 Å². The Morgan fingerprint density at radius 1 is 0.979 bits per heavy atom. The van der Waals surface area contributed by atoms with Gasteiger partial charge < -0.3 is 16.0 Å². The number of halogens is 2. The highest BCUT2D eigenvalue weighted by molar-refractivity contribution is 6.04. The molecule has 0 unspecified atom stereocenters. The quantitative estimate of drug-likeness (QED) is 0.225. The van der Waals surface area contributed by atoms with E-state index in [0.717, 1.165) is 60.5 Å². The van der Waals surface area contributed by atoms with Crippen molar-refractivity contribution >= 4 is 17.4 Å². The number of piperidine rings is 1. The highest BCUT2D eigenvalue weighted by atomic mass is 19.1. The molecule has 48 heavy (non-hydrogen) atoms. The van der Waals surface area contributed by atoms with Gasteiger partial charge in [0.05, 0.1) is 17.9 Å². The van der Waals surface area contributed by atoms with Crippen LogP contribution in [0.5, 0.6) is 0 Å². The number of carbonyl (C=O) groups is 1. The number of nitrogens with one attached hydrogen (secondary N) is 1. The number of nitrogens with two attached hydrogens (primary N) is 1. The zero-order valence-corrected chi connectivity index (χ0v) is 26.2. The van der Waals surface area contributed by atoms with Gasteiger partial charge in [0, 0.05) is 40.3 Å². The van der Waals surface area contributed by atoms with Gasteiger partial charge in [0.2, 0.25) is 0 Å². The number of aromatic nitrogens is 4. The van der Waals surface area contributed by atoms with Crippen LogP contribution in [0.2, 0.25) is 0 Å². The Labute approximate surface area is 275 Å². The van der Waals surface area contributed by atoms with Gasteiger partial charge in [-0.1, -0.05) is 0 Å². The molecule has 2 aliphatic rings. The van der Waals surface area contributed by atoms with E-state index in [0.29, 0.717) is 17.2 Å². The fourth-order valence-electron chi connectivity index (χ4n) is 6.26. The summed E-state index contributed by atoms with van der Waals surface area (Å²) in [5.74, 6) is -1.75. The second kappa shape index (κ2) is 12.5. The van der Waals surface area contributed by atoms with Crippen LogP contribution in [-0.4, -0.2) is 50.3 Å². The summed E-state index contributed by atoms with van der Waals surface area (Å²) in [5.41, 5.74) is 8.43. The molecule has 0 bridgehead atoms. The fourth-order valence-corrected chi connectivity index (χ4v) is 6.26. The van der Waals surface area contributed by atoms with E-state index in [1.54, 1.807) is 18.5 Å². The Morgan fingerprint density at radius 3 is 2.42 bits per heavy atom. The Morgan fingerprint density at radius 2 is 1.73 bits per heavy atom. The Bertz CT molecular complexity index is 2140. The molecule has 7 rings (SSSR count). The minimum Gasteiger partial charge on any atom is -0.383 e. The number of nitrogens with zero attached hydrogens (tertiary/aromatic N) is 6. The first-order chi connectivity index (χ1) is 23.2. The molecule has 2 aromatic carbocycles. The Kier molecular flexibility index (Phi) is 8.06. The third-order valence-corrected chi connectivity index (χ3v) is 9.12. The van der Waals surface area contributed by atoms with E-state index in [-0.39, 0.29) is 39.9 Å². The van der Waals surface area contributed by atoms with Gasteiger partial charge in [0.15, 0.2) is 0 Å². The number of likely N-dealkylation sites (tertiary alicyclic amines) is 1. The Hall–Kier alpha value is -5.67. The largest absolute Gasteiger partial charge is 0.383 e.